The molecule has 5 nitrogen and oxygen atoms in total. The SMILES string of the molecule is O=C(Nc1cccc2cnccc12)NC1C2CN(c3cccc(F)c3F)CC21. The fourth-order valence-corrected chi connectivity index (χ4v) is 4.22. The normalized spacial score (nSPS) is 22.8. The number of aromatic nitrogens is 1. The topological polar surface area (TPSA) is 57.3 Å². The van der Waals surface area contributed by atoms with Crippen molar-refractivity contribution < 1.29 is 13.6 Å². The number of nitrogens with zero attached hydrogens (tertiary/aromatic N) is 2. The Labute approximate surface area is 160 Å². The van der Waals surface area contributed by atoms with Crippen LogP contribution < -0.4 is 15.5 Å². The highest BCUT2D eigenvalue weighted by atomic mass is 19.2. The van der Waals surface area contributed by atoms with Gasteiger partial charge >= 0.3 is 6.03 Å². The van der Waals surface area contributed by atoms with Gasteiger partial charge in [0.2, 0.25) is 0 Å². The van der Waals surface area contributed by atoms with Crippen LogP contribution in [0.4, 0.5) is 25.0 Å². The molecule has 2 heterocycles. The quantitative estimate of drug-likeness (QED) is 0.727. The van der Waals surface area contributed by atoms with Gasteiger partial charge in [-0.25, -0.2) is 13.6 Å². The van der Waals surface area contributed by atoms with Gasteiger partial charge < -0.3 is 15.5 Å². The number of urea groups is 1. The van der Waals surface area contributed by atoms with Crippen molar-refractivity contribution in [1.82, 2.24) is 10.3 Å². The van der Waals surface area contributed by atoms with Gasteiger partial charge in [-0.3, -0.25) is 4.98 Å². The third-order valence-corrected chi connectivity index (χ3v) is 5.69. The molecule has 2 aliphatic rings. The van der Waals surface area contributed by atoms with Crippen molar-refractivity contribution >= 4 is 28.2 Å². The van der Waals surface area contributed by atoms with Crippen molar-refractivity contribution in [3.63, 3.8) is 0 Å². The average Bonchev–Trinajstić information content (AvgIpc) is 3.12. The number of amides is 2. The summed E-state index contributed by atoms with van der Waals surface area (Å²) in [5.74, 6) is -1.14. The maximum atomic E-state index is 14.0. The van der Waals surface area contributed by atoms with Crippen molar-refractivity contribution in [3.05, 3.63) is 66.5 Å². The lowest BCUT2D eigenvalue weighted by molar-refractivity contribution is 0.250. The van der Waals surface area contributed by atoms with E-state index in [2.05, 4.69) is 15.6 Å². The monoisotopic (exact) mass is 380 g/mol. The third-order valence-electron chi connectivity index (χ3n) is 5.69. The lowest BCUT2D eigenvalue weighted by Crippen LogP contribution is -2.37. The number of rotatable bonds is 3. The zero-order valence-corrected chi connectivity index (χ0v) is 14.9. The summed E-state index contributed by atoms with van der Waals surface area (Å²) in [6.45, 7) is 1.21. The van der Waals surface area contributed by atoms with E-state index < -0.39 is 11.6 Å². The Balaban J connectivity index is 1.21. The minimum Gasteiger partial charge on any atom is -0.368 e. The minimum atomic E-state index is -0.836. The molecule has 1 aromatic heterocycles. The first-order valence-corrected chi connectivity index (χ1v) is 9.21. The molecule has 2 N–H and O–H groups in total. The minimum absolute atomic E-state index is 0.0597. The van der Waals surface area contributed by atoms with Gasteiger partial charge in [0, 0.05) is 54.1 Å². The number of benzene rings is 2. The Kier molecular flexibility index (Phi) is 3.89. The van der Waals surface area contributed by atoms with Crippen LogP contribution in [0.2, 0.25) is 0 Å². The number of carbonyl (C=O) groups is 1. The molecular weight excluding hydrogens is 362 g/mol. The van der Waals surface area contributed by atoms with Crippen LogP contribution in [0.1, 0.15) is 0 Å². The predicted molar refractivity (Wildman–Crippen MR) is 103 cm³/mol. The molecule has 1 aliphatic heterocycles. The van der Waals surface area contributed by atoms with Crippen LogP contribution in [0.25, 0.3) is 10.8 Å². The first kappa shape index (κ1) is 16.9. The number of nitrogens with one attached hydrogen (secondary N) is 2. The summed E-state index contributed by atoms with van der Waals surface area (Å²) in [5.41, 5.74) is 1.02. The summed E-state index contributed by atoms with van der Waals surface area (Å²) in [4.78, 5) is 18.4. The van der Waals surface area contributed by atoms with Gasteiger partial charge in [0.25, 0.3) is 0 Å². The van der Waals surface area contributed by atoms with Crippen LogP contribution in [-0.4, -0.2) is 30.1 Å². The molecule has 142 valence electrons. The van der Waals surface area contributed by atoms with Gasteiger partial charge in [-0.1, -0.05) is 18.2 Å². The first-order chi connectivity index (χ1) is 13.6. The maximum absolute atomic E-state index is 14.0. The number of pyridine rings is 1. The van der Waals surface area contributed by atoms with Crippen LogP contribution >= 0.6 is 0 Å². The number of carbonyl (C=O) groups excluding carboxylic acids is 1. The van der Waals surface area contributed by atoms with Crippen molar-refractivity contribution in [1.29, 1.82) is 0 Å². The molecule has 2 unspecified atom stereocenters. The molecule has 2 fully saturated rings. The molecule has 2 amide bonds. The summed E-state index contributed by atoms with van der Waals surface area (Å²) < 4.78 is 27.4. The number of anilines is 2. The lowest BCUT2D eigenvalue weighted by atomic mass is 10.1. The van der Waals surface area contributed by atoms with E-state index in [1.165, 1.54) is 6.07 Å². The van der Waals surface area contributed by atoms with Crippen LogP contribution in [0.5, 0.6) is 0 Å². The summed E-state index contributed by atoms with van der Waals surface area (Å²) in [6.07, 6.45) is 3.45. The van der Waals surface area contributed by atoms with E-state index in [4.69, 9.17) is 0 Å². The summed E-state index contributed by atoms with van der Waals surface area (Å²) >= 11 is 0. The Bertz CT molecular complexity index is 1060. The number of halogens is 2. The molecule has 2 atom stereocenters. The fraction of sp³-hybridized carbons (Fsp3) is 0.238. The summed E-state index contributed by atoms with van der Waals surface area (Å²) in [6, 6.07) is 11.6. The van der Waals surface area contributed by atoms with E-state index in [1.54, 1.807) is 18.5 Å². The summed E-state index contributed by atoms with van der Waals surface area (Å²) in [7, 11) is 0. The molecule has 7 heteroatoms. The molecule has 1 aliphatic carbocycles. The number of piperidine rings is 1. The highest BCUT2D eigenvalue weighted by Crippen LogP contribution is 2.47. The highest BCUT2D eigenvalue weighted by molar-refractivity contribution is 6.01. The Morgan fingerprint density at radius 3 is 2.68 bits per heavy atom. The molecule has 28 heavy (non-hydrogen) atoms. The molecule has 5 rings (SSSR count). The van der Waals surface area contributed by atoms with Crippen LogP contribution in [-0.2, 0) is 0 Å². The van der Waals surface area contributed by atoms with Gasteiger partial charge in [0.05, 0.1) is 11.4 Å². The zero-order chi connectivity index (χ0) is 19.3. The van der Waals surface area contributed by atoms with E-state index in [0.717, 1.165) is 22.5 Å². The van der Waals surface area contributed by atoms with Gasteiger partial charge in [0.15, 0.2) is 11.6 Å². The molecule has 0 radical (unpaired) electrons. The van der Waals surface area contributed by atoms with Gasteiger partial charge in [-0.15, -0.1) is 0 Å². The first-order valence-electron chi connectivity index (χ1n) is 9.21. The second-order valence-corrected chi connectivity index (χ2v) is 7.33. The molecule has 3 aromatic rings. The third kappa shape index (κ3) is 2.83. The highest BCUT2D eigenvalue weighted by Gasteiger charge is 2.56. The van der Waals surface area contributed by atoms with E-state index in [-0.39, 0.29) is 23.9 Å². The van der Waals surface area contributed by atoms with Gasteiger partial charge in [-0.2, -0.15) is 0 Å². The van der Waals surface area contributed by atoms with Crippen LogP contribution in [0.3, 0.4) is 0 Å². The van der Waals surface area contributed by atoms with E-state index in [9.17, 15) is 13.6 Å². The second-order valence-electron chi connectivity index (χ2n) is 7.33. The van der Waals surface area contributed by atoms with Crippen molar-refractivity contribution in [2.75, 3.05) is 23.3 Å². The van der Waals surface area contributed by atoms with Crippen LogP contribution in [0, 0.1) is 23.5 Å². The predicted octanol–water partition coefficient (Wildman–Crippen LogP) is 3.77. The molecular formula is C21H18F2N4O. The smallest absolute Gasteiger partial charge is 0.319 e. The van der Waals surface area contributed by atoms with Crippen LogP contribution in [0.15, 0.2) is 54.9 Å². The lowest BCUT2D eigenvalue weighted by Gasteiger charge is -2.23. The van der Waals surface area contributed by atoms with E-state index in [1.807, 2.05) is 29.2 Å². The zero-order valence-electron chi connectivity index (χ0n) is 14.9. The summed E-state index contributed by atoms with van der Waals surface area (Å²) in [5, 5.41) is 7.79. The Hall–Kier alpha value is -3.22. The van der Waals surface area contributed by atoms with E-state index >= 15 is 0 Å². The van der Waals surface area contributed by atoms with Gasteiger partial charge in [-0.05, 0) is 24.3 Å². The molecule has 0 bridgehead atoms. The largest absolute Gasteiger partial charge is 0.368 e. The standard InChI is InChI=1S/C21H18F2N4O/c22-16-4-2-6-18(19(16)23)27-10-14-15(11-27)20(14)26-21(28)25-17-5-1-3-12-9-24-8-7-13(12)17/h1-9,14-15,20H,10-11H2,(H2,25,26,28). The number of fused-ring (bicyclic) bond motifs is 2. The fourth-order valence-electron chi connectivity index (χ4n) is 4.22. The molecule has 1 saturated carbocycles. The van der Waals surface area contributed by atoms with Crippen molar-refractivity contribution in [3.8, 4) is 0 Å². The Morgan fingerprint density at radius 1 is 1.07 bits per heavy atom. The van der Waals surface area contributed by atoms with Crippen molar-refractivity contribution in [2.45, 2.75) is 6.04 Å². The van der Waals surface area contributed by atoms with Crippen molar-refractivity contribution in [2.24, 2.45) is 11.8 Å². The number of hydrogen-bond acceptors (Lipinski definition) is 3. The molecule has 0 spiro atoms. The van der Waals surface area contributed by atoms with E-state index in [0.29, 0.717) is 18.8 Å². The second kappa shape index (κ2) is 6.44. The molecule has 1 saturated heterocycles. The average molecular weight is 380 g/mol. The van der Waals surface area contributed by atoms with Gasteiger partial charge in [0.1, 0.15) is 0 Å². The maximum Gasteiger partial charge on any atom is 0.319 e. The Morgan fingerprint density at radius 2 is 1.86 bits per heavy atom. The number of hydrogen-bond donors (Lipinski definition) is 2. The molecule has 2 aromatic carbocycles.